The smallest absolute Gasteiger partial charge is 0.223 e. The van der Waals surface area contributed by atoms with Crippen molar-refractivity contribution in [1.82, 2.24) is 19.6 Å². The molecule has 2 aliphatic heterocycles. The molecule has 5 N–H and O–H groups in total. The largest absolute Gasteiger partial charge is 0.507 e. The Morgan fingerprint density at radius 3 is 0.853 bits per heavy atom. The first-order valence-electron chi connectivity index (χ1n) is 55.2. The summed E-state index contributed by atoms with van der Waals surface area (Å²) in [5, 5.41) is 33.0. The fourth-order valence-corrected chi connectivity index (χ4v) is 25.0. The Kier molecular flexibility index (Phi) is 49.8. The molecule has 3 aromatic carbocycles. The van der Waals surface area contributed by atoms with Crippen LogP contribution in [0.5, 0.6) is 17.2 Å². The molecule has 17 nitrogen and oxygen atoms in total. The topological polar surface area (TPSA) is 206 Å². The van der Waals surface area contributed by atoms with E-state index >= 15 is 0 Å². The summed E-state index contributed by atoms with van der Waals surface area (Å²) in [6, 6.07) is 13.0. The lowest BCUT2D eigenvalue weighted by molar-refractivity contribution is -0.140. The maximum Gasteiger partial charge on any atom is 0.223 e. The van der Waals surface area contributed by atoms with Crippen molar-refractivity contribution in [2.24, 2.45) is 61.9 Å². The molecular formula is C123H218Cl3N5O12. The molecule has 2 saturated heterocycles. The number of phenols is 3. The van der Waals surface area contributed by atoms with Crippen LogP contribution in [0.1, 0.15) is 443 Å². The highest BCUT2D eigenvalue weighted by Crippen LogP contribution is 2.56. The number of ether oxygens (including phenoxy) is 6. The number of nitrogens with zero attached hydrogens (tertiary/aromatic N) is 4. The van der Waals surface area contributed by atoms with E-state index in [2.05, 4.69) is 335 Å². The molecule has 3 saturated carbocycles. The first-order valence-corrected chi connectivity index (χ1v) is 56.7. The van der Waals surface area contributed by atoms with Gasteiger partial charge in [0.2, 0.25) is 17.1 Å². The fourth-order valence-electron chi connectivity index (χ4n) is 24.7. The lowest BCUT2D eigenvalue weighted by atomic mass is 9.54. The Hall–Kier alpha value is -3.82. The molecular weight excluding hydrogens is 1850 g/mol. The number of aryl methyl sites for hydroxylation is 3. The van der Waals surface area contributed by atoms with E-state index in [0.717, 1.165) is 120 Å². The van der Waals surface area contributed by atoms with Gasteiger partial charge in [0.1, 0.15) is 17.2 Å². The van der Waals surface area contributed by atoms with Crippen LogP contribution in [0, 0.1) is 56.2 Å². The van der Waals surface area contributed by atoms with Crippen molar-refractivity contribution in [3.8, 4) is 17.2 Å². The molecule has 8 rings (SSSR count). The molecule has 5 aliphatic rings. The minimum Gasteiger partial charge on any atom is -0.507 e. The van der Waals surface area contributed by atoms with E-state index in [1.807, 2.05) is 12.1 Å². The predicted molar refractivity (Wildman–Crippen MR) is 607 cm³/mol. The molecule has 0 radical (unpaired) electrons. The van der Waals surface area contributed by atoms with Gasteiger partial charge in [-0.05, 0) is 335 Å². The third-order valence-corrected chi connectivity index (χ3v) is 33.7. The van der Waals surface area contributed by atoms with Gasteiger partial charge in [0.05, 0.1) is 66.1 Å². The number of halogens is 3. The van der Waals surface area contributed by atoms with Crippen LogP contribution < -0.4 is 5.73 Å². The summed E-state index contributed by atoms with van der Waals surface area (Å²) in [6.07, 6.45) is 20.5. The van der Waals surface area contributed by atoms with Gasteiger partial charge in [-0.1, -0.05) is 258 Å². The van der Waals surface area contributed by atoms with Crippen molar-refractivity contribution in [3.63, 3.8) is 0 Å². The van der Waals surface area contributed by atoms with Gasteiger partial charge in [-0.15, -0.1) is 23.2 Å². The van der Waals surface area contributed by atoms with Crippen molar-refractivity contribution < 1.29 is 58.1 Å². The lowest BCUT2D eigenvalue weighted by Gasteiger charge is -2.55. The summed E-state index contributed by atoms with van der Waals surface area (Å²) in [4.78, 5) is 49.2. The Bertz CT molecular complexity index is 3960. The molecule has 0 aromatic heterocycles. The predicted octanol–water partition coefficient (Wildman–Crippen LogP) is 29.4. The molecule has 0 unspecified atom stereocenters. The van der Waals surface area contributed by atoms with E-state index in [4.69, 9.17) is 69.0 Å². The van der Waals surface area contributed by atoms with Crippen LogP contribution in [0.15, 0.2) is 36.4 Å². The number of benzene rings is 3. The number of hydrogen-bond acceptors (Lipinski definition) is 15. The van der Waals surface area contributed by atoms with Crippen molar-refractivity contribution in [1.29, 1.82) is 0 Å². The molecule has 0 bridgehead atoms. The fraction of sp³-hybridized carbons (Fsp3) is 0.829. The van der Waals surface area contributed by atoms with Crippen molar-refractivity contribution in [2.45, 2.75) is 485 Å². The number of nitrogens with two attached hydrogens (primary N) is 1. The molecule has 20 heteroatoms. The average Bonchev–Trinajstić information content (AvgIpc) is 0.758. The number of amides is 2. The third kappa shape index (κ3) is 42.3. The lowest BCUT2D eigenvalue weighted by Crippen LogP contribution is -2.63. The van der Waals surface area contributed by atoms with Crippen LogP contribution in [-0.2, 0) is 94.6 Å². The van der Waals surface area contributed by atoms with E-state index < -0.39 is 0 Å². The molecule has 2 amide bonds. The Morgan fingerprint density at radius 2 is 0.594 bits per heavy atom. The van der Waals surface area contributed by atoms with Gasteiger partial charge in [0, 0.05) is 97.6 Å². The Labute approximate surface area is 892 Å². The normalized spacial score (nSPS) is 21.7. The highest BCUT2D eigenvalue weighted by atomic mass is 35.5. The van der Waals surface area contributed by atoms with Gasteiger partial charge in [-0.2, -0.15) is 0 Å². The maximum absolute atomic E-state index is 14.5. The number of carbonyl (C=O) groups excluding carboxylic acids is 3. The molecule has 3 aromatic rings. The first-order chi connectivity index (χ1) is 65.0. The standard InChI is InChI=1S/C61H103N3O6.C29H57NO2.C17H25ClO2.C10H21N.C6H12Cl2O2/c1-41-58(14,15)37-44(38-59(41,16)17)63(50(65)25-23-42-33-46(54(2,3)4)52(67)47(34-42)55(5,6)7)27-29-69-31-32-70-30-28-64(45-39-60(18,19)62(22)61(20,21)40-45)51(66)26-24-43-35-48(56(8,9)10)53(68)49(36-43)57(11,12)13;1-23-26(2,3)19-24(20-27(23,4)5)13-11-15-31-17-18-32-16-12-14-25-21-28(6,7)30(10)29(8,9)22-25;1-16(2,3)12-9-11(7-8-14(18)19)10-13(15(12)20)17(4,5)6;1-9(2)5-8(11)6-10(3,4)7-9;7-1-3-9-5-6-10-4-2-8/h33-36,41,44-45,67-68H,23-32,37-40H2,1-22H3;23-25H,11-22H2,1-10H3;9-10,20H,7-8H2,1-6H3;8H,5-7,11H2,1-4H3;1-6H2. The average molecular weight is 2070 g/mol. The molecule has 3 aliphatic carbocycles. The second-order valence-corrected chi connectivity index (χ2v) is 58.3. The minimum absolute atomic E-state index is 0.0695. The molecule has 828 valence electrons. The van der Waals surface area contributed by atoms with Gasteiger partial charge >= 0.3 is 0 Å². The second kappa shape index (κ2) is 54.1. The zero-order valence-electron chi connectivity index (χ0n) is 99.7. The molecule has 5 fully saturated rings. The van der Waals surface area contributed by atoms with Crippen molar-refractivity contribution in [3.05, 3.63) is 86.5 Å². The summed E-state index contributed by atoms with van der Waals surface area (Å²) in [5.74, 6) is 5.41. The number of likely N-dealkylation sites (tertiary alicyclic amines) is 2. The number of phenolic OH excluding ortho intramolecular Hbond substituents is 3. The number of piperidine rings is 2. The van der Waals surface area contributed by atoms with E-state index in [-0.39, 0.29) is 83.5 Å². The van der Waals surface area contributed by atoms with Crippen LogP contribution >= 0.6 is 34.8 Å². The molecule has 0 atom stereocenters. The van der Waals surface area contributed by atoms with Crippen LogP contribution in [-0.4, -0.2) is 210 Å². The van der Waals surface area contributed by atoms with Gasteiger partial charge < -0.3 is 59.3 Å². The van der Waals surface area contributed by atoms with E-state index in [1.54, 1.807) is 0 Å². The monoisotopic (exact) mass is 2060 g/mol. The number of alkyl halides is 2. The van der Waals surface area contributed by atoms with Gasteiger partial charge in [-0.3, -0.25) is 24.2 Å². The summed E-state index contributed by atoms with van der Waals surface area (Å²) >= 11 is 16.1. The third-order valence-electron chi connectivity index (χ3n) is 33.2. The summed E-state index contributed by atoms with van der Waals surface area (Å²) in [6.45, 7) is 98.3. The first kappa shape index (κ1) is 131. The second-order valence-electron chi connectivity index (χ2n) is 57.1. The molecule has 143 heavy (non-hydrogen) atoms. The number of rotatable bonds is 38. The molecule has 0 spiro atoms. The zero-order chi connectivity index (χ0) is 110. The Morgan fingerprint density at radius 1 is 0.357 bits per heavy atom. The minimum atomic E-state index is -0.326. The van der Waals surface area contributed by atoms with Crippen molar-refractivity contribution >= 4 is 51.9 Å². The Balaban J connectivity index is 0.000000470. The van der Waals surface area contributed by atoms with Gasteiger partial charge in [-0.25, -0.2) is 0 Å². The summed E-state index contributed by atoms with van der Waals surface area (Å²) in [7, 11) is 4.49. The van der Waals surface area contributed by atoms with E-state index in [0.29, 0.717) is 178 Å². The van der Waals surface area contributed by atoms with Gasteiger partial charge in [0.25, 0.3) is 0 Å². The van der Waals surface area contributed by atoms with Crippen LogP contribution in [0.3, 0.4) is 0 Å². The summed E-state index contributed by atoms with van der Waals surface area (Å²) < 4.78 is 34.3. The SMILES string of the molecule is CC(C)(C)c1cc(CCC(=O)Cl)cc(C(C)(C)C)c1O.CC1(C)CC(N)CC(C)(C)C1.CC1C(C)(C)CC(CCCOCCOCCCC2CC(C)(C)N(C)C(C)(C)C2)CC1(C)C.CC1C(C)(C)CC(N(CCOCCOCCN(C(=O)CCc2cc(C(C)(C)C)c(O)c(C(C)(C)C)c2)C2CC(C)(C)N(C)C(C)(C)C2)C(=O)CCc2cc(C(C)(C)C)c(O)c(C(C)(C)C)c2)CC1(C)C.ClCCOCCOCCCl. The number of hydrogen-bond donors (Lipinski definition) is 4. The highest BCUT2D eigenvalue weighted by Gasteiger charge is 2.50. The number of aromatic hydroxyl groups is 3. The maximum atomic E-state index is 14.5. The quantitative estimate of drug-likeness (QED) is 0.0239. The van der Waals surface area contributed by atoms with Crippen LogP contribution in [0.2, 0.25) is 0 Å². The van der Waals surface area contributed by atoms with Crippen LogP contribution in [0.4, 0.5) is 0 Å². The summed E-state index contributed by atoms with van der Waals surface area (Å²) in [5.41, 5.74) is 15.8. The molecule has 2 heterocycles. The van der Waals surface area contributed by atoms with E-state index in [9.17, 15) is 29.7 Å². The van der Waals surface area contributed by atoms with Crippen molar-refractivity contribution in [2.75, 3.05) is 118 Å². The van der Waals surface area contributed by atoms with E-state index in [1.165, 1.54) is 70.6 Å². The highest BCUT2D eigenvalue weighted by molar-refractivity contribution is 6.63. The van der Waals surface area contributed by atoms with Gasteiger partial charge in [0.15, 0.2) is 0 Å². The van der Waals surface area contributed by atoms with Crippen LogP contribution in [0.25, 0.3) is 0 Å². The number of carbonyl (C=O) groups is 3. The zero-order valence-corrected chi connectivity index (χ0v) is 102.